The number of carbonyl (C=O) groups excluding carboxylic acids is 1. The summed E-state index contributed by atoms with van der Waals surface area (Å²) in [6.45, 7) is 6.64. The van der Waals surface area contributed by atoms with E-state index in [0.717, 1.165) is 6.42 Å². The number of ketones is 1. The van der Waals surface area contributed by atoms with Crippen LogP contribution in [0.15, 0.2) is 0 Å². The van der Waals surface area contributed by atoms with Crippen molar-refractivity contribution in [2.45, 2.75) is 37.9 Å². The highest BCUT2D eigenvalue weighted by Crippen LogP contribution is 2.76. The topological polar surface area (TPSA) is 17.1 Å². The average molecular weight is 247 g/mol. The van der Waals surface area contributed by atoms with E-state index in [-0.39, 0.29) is 17.1 Å². The monoisotopic (exact) mass is 246 g/mol. The number of carbonyl (C=O) groups is 1. The Morgan fingerprint density at radius 2 is 1.67 bits per heavy atom. The lowest BCUT2D eigenvalue weighted by Crippen LogP contribution is -2.76. The minimum Gasteiger partial charge on any atom is -0.296 e. The molecule has 4 aliphatic rings. The summed E-state index contributed by atoms with van der Waals surface area (Å²) in [4.78, 5) is 12.1. The molecule has 4 fully saturated rings. The van der Waals surface area contributed by atoms with Crippen molar-refractivity contribution in [3.8, 4) is 0 Å². The number of hydrogen-bond acceptors (Lipinski definition) is 1. The maximum atomic E-state index is 12.1. The van der Waals surface area contributed by atoms with E-state index in [1.807, 2.05) is 0 Å². The summed E-state index contributed by atoms with van der Waals surface area (Å²) in [6.07, 6.45) is 2.22. The van der Waals surface area contributed by atoms with Crippen molar-refractivity contribution in [1.82, 2.24) is 0 Å². The van der Waals surface area contributed by atoms with E-state index in [1.54, 1.807) is 0 Å². The van der Waals surface area contributed by atoms with Crippen LogP contribution in [0.3, 0.4) is 0 Å². The highest BCUT2D eigenvalue weighted by molar-refractivity contribution is 6.61. The van der Waals surface area contributed by atoms with Crippen molar-refractivity contribution in [3.05, 3.63) is 0 Å². The van der Waals surface area contributed by atoms with E-state index in [0.29, 0.717) is 17.3 Å². The highest BCUT2D eigenvalue weighted by atomic mass is 35.5. The third-order valence-electron chi connectivity index (χ3n) is 5.67. The summed E-state index contributed by atoms with van der Waals surface area (Å²) in [7, 11) is 0. The predicted octanol–water partition coefficient (Wildman–Crippen LogP) is 3.43. The molecule has 0 aliphatic heterocycles. The molecule has 0 spiro atoms. The number of alkyl halides is 2. The average Bonchev–Trinajstić information content (AvgIpc) is 2.15. The first-order valence-electron chi connectivity index (χ1n) is 5.66. The molecule has 84 valence electrons. The zero-order valence-corrected chi connectivity index (χ0v) is 10.8. The molecule has 1 nitrogen and oxygen atoms in total. The van der Waals surface area contributed by atoms with E-state index in [1.165, 1.54) is 6.42 Å². The van der Waals surface area contributed by atoms with Crippen molar-refractivity contribution in [2.75, 3.05) is 0 Å². The van der Waals surface area contributed by atoms with Crippen LogP contribution >= 0.6 is 23.2 Å². The Morgan fingerprint density at radius 3 is 2.20 bits per heavy atom. The Kier molecular flexibility index (Phi) is 1.67. The normalized spacial score (nSPS) is 53.9. The molecule has 0 unspecified atom stereocenters. The van der Waals surface area contributed by atoms with Gasteiger partial charge < -0.3 is 0 Å². The first-order valence-corrected chi connectivity index (χ1v) is 6.41. The fraction of sp³-hybridized carbons (Fsp3) is 0.917. The Balaban J connectivity index is 2.02. The Bertz CT molecular complexity index is 357. The van der Waals surface area contributed by atoms with Gasteiger partial charge in [0.1, 0.15) is 0 Å². The molecule has 0 saturated heterocycles. The van der Waals surface area contributed by atoms with Crippen LogP contribution in [-0.4, -0.2) is 10.1 Å². The van der Waals surface area contributed by atoms with Gasteiger partial charge >= 0.3 is 0 Å². The van der Waals surface area contributed by atoms with Gasteiger partial charge in [0.15, 0.2) is 10.1 Å². The minimum absolute atomic E-state index is 0.0690. The number of halogens is 2. The molecule has 4 rings (SSSR count). The molecule has 0 heterocycles. The van der Waals surface area contributed by atoms with Crippen molar-refractivity contribution >= 4 is 29.0 Å². The lowest BCUT2D eigenvalue weighted by atomic mass is 9.33. The summed E-state index contributed by atoms with van der Waals surface area (Å²) >= 11 is 12.2. The molecule has 15 heavy (non-hydrogen) atoms. The van der Waals surface area contributed by atoms with E-state index in [9.17, 15) is 4.79 Å². The van der Waals surface area contributed by atoms with Gasteiger partial charge in [-0.25, -0.2) is 0 Å². The van der Waals surface area contributed by atoms with Crippen molar-refractivity contribution in [3.63, 3.8) is 0 Å². The SMILES string of the molecule is CC1(C)[C@@H]2C[C@H]3C(Cl)(Cl)C(=O)[C@]3(C)[C@H]1C2. The van der Waals surface area contributed by atoms with Crippen LogP contribution in [0.5, 0.6) is 0 Å². The van der Waals surface area contributed by atoms with Gasteiger partial charge in [0, 0.05) is 11.3 Å². The van der Waals surface area contributed by atoms with Gasteiger partial charge in [-0.2, -0.15) is 0 Å². The lowest BCUT2D eigenvalue weighted by molar-refractivity contribution is -0.218. The molecule has 4 atom stereocenters. The van der Waals surface area contributed by atoms with Gasteiger partial charge in [-0.15, -0.1) is 0 Å². The van der Waals surface area contributed by atoms with Gasteiger partial charge in [-0.3, -0.25) is 4.79 Å². The molecule has 0 aromatic carbocycles. The molecule has 0 N–H and O–H groups in total. The lowest BCUT2D eigenvalue weighted by Gasteiger charge is -2.73. The van der Waals surface area contributed by atoms with Crippen LogP contribution in [-0.2, 0) is 4.79 Å². The highest BCUT2D eigenvalue weighted by Gasteiger charge is 2.78. The molecule has 2 bridgehead atoms. The van der Waals surface area contributed by atoms with Crippen molar-refractivity contribution in [2.24, 2.45) is 28.6 Å². The van der Waals surface area contributed by atoms with Gasteiger partial charge in [0.2, 0.25) is 0 Å². The number of hydrogen-bond donors (Lipinski definition) is 0. The Hall–Kier alpha value is 0.250. The second-order valence-electron chi connectivity index (χ2n) is 6.33. The predicted molar refractivity (Wildman–Crippen MR) is 61.0 cm³/mol. The summed E-state index contributed by atoms with van der Waals surface area (Å²) in [5.74, 6) is 1.47. The van der Waals surface area contributed by atoms with Crippen LogP contribution in [0.1, 0.15) is 33.6 Å². The molecule has 4 saturated carbocycles. The van der Waals surface area contributed by atoms with Crippen LogP contribution in [0.2, 0.25) is 0 Å². The standard InChI is InChI=1S/C12H16Cl2O/c1-10(2)6-4-7(10)11(3)8(5-6)12(13,14)9(11)15/h6-8H,4-5H2,1-3H3/t6-,7-,8+,11+/m0/s1. The fourth-order valence-corrected chi connectivity index (χ4v) is 5.53. The molecular weight excluding hydrogens is 231 g/mol. The van der Waals surface area contributed by atoms with Gasteiger partial charge in [-0.05, 0) is 30.1 Å². The number of Topliss-reactive ketones (excluding diaryl/α,β-unsaturated/α-hetero) is 1. The molecule has 4 aliphatic carbocycles. The van der Waals surface area contributed by atoms with Crippen molar-refractivity contribution < 1.29 is 4.79 Å². The van der Waals surface area contributed by atoms with Gasteiger partial charge in [0.25, 0.3) is 0 Å². The third-order valence-corrected chi connectivity index (χ3v) is 6.54. The van der Waals surface area contributed by atoms with Crippen LogP contribution < -0.4 is 0 Å². The second kappa shape index (κ2) is 2.41. The third kappa shape index (κ3) is 0.847. The zero-order chi connectivity index (χ0) is 11.2. The second-order valence-corrected chi connectivity index (χ2v) is 7.72. The van der Waals surface area contributed by atoms with Crippen LogP contribution in [0, 0.1) is 28.6 Å². The van der Waals surface area contributed by atoms with Crippen LogP contribution in [0.25, 0.3) is 0 Å². The van der Waals surface area contributed by atoms with Gasteiger partial charge in [0.05, 0.1) is 0 Å². The summed E-state index contributed by atoms with van der Waals surface area (Å²) < 4.78 is -1.08. The number of rotatable bonds is 0. The maximum Gasteiger partial charge on any atom is 0.180 e. The quantitative estimate of drug-likeness (QED) is 0.599. The largest absolute Gasteiger partial charge is 0.296 e. The summed E-state index contributed by atoms with van der Waals surface area (Å²) in [6, 6.07) is 0. The molecule has 0 radical (unpaired) electrons. The van der Waals surface area contributed by atoms with E-state index < -0.39 is 4.33 Å². The zero-order valence-electron chi connectivity index (χ0n) is 9.31. The minimum atomic E-state index is -1.08. The molecule has 0 amide bonds. The first kappa shape index (κ1) is 10.4. The molecular formula is C12H16Cl2O. The van der Waals surface area contributed by atoms with Crippen LogP contribution in [0.4, 0.5) is 0 Å². The van der Waals surface area contributed by atoms with E-state index in [2.05, 4.69) is 20.8 Å². The van der Waals surface area contributed by atoms with E-state index in [4.69, 9.17) is 23.2 Å². The Morgan fingerprint density at radius 1 is 1.13 bits per heavy atom. The smallest absolute Gasteiger partial charge is 0.180 e. The summed E-state index contributed by atoms with van der Waals surface area (Å²) in [5.41, 5.74) is 0.0763. The van der Waals surface area contributed by atoms with Gasteiger partial charge in [-0.1, -0.05) is 44.0 Å². The van der Waals surface area contributed by atoms with E-state index >= 15 is 0 Å². The molecule has 0 aromatic rings. The molecule has 3 heteroatoms. The Labute approximate surface area is 101 Å². The molecule has 0 aromatic heterocycles. The fourth-order valence-electron chi connectivity index (χ4n) is 4.49. The maximum absolute atomic E-state index is 12.1. The van der Waals surface area contributed by atoms with Crippen molar-refractivity contribution in [1.29, 1.82) is 0 Å². The summed E-state index contributed by atoms with van der Waals surface area (Å²) in [5, 5.41) is 0. The first-order chi connectivity index (χ1) is 6.73.